The van der Waals surface area contributed by atoms with Crippen LogP contribution in [0, 0.1) is 0 Å². The first kappa shape index (κ1) is 17.3. The number of guanidine groups is 1. The highest BCUT2D eigenvalue weighted by Crippen LogP contribution is 2.11. The van der Waals surface area contributed by atoms with Crippen LogP contribution in [0.2, 0.25) is 0 Å². The summed E-state index contributed by atoms with van der Waals surface area (Å²) in [6.45, 7) is 3.53. The zero-order valence-electron chi connectivity index (χ0n) is 12.0. The molecule has 114 valence electrons. The van der Waals surface area contributed by atoms with E-state index in [9.17, 15) is 0 Å². The van der Waals surface area contributed by atoms with Crippen LogP contribution in [0.25, 0.3) is 0 Å². The van der Waals surface area contributed by atoms with Gasteiger partial charge in [0.2, 0.25) is 0 Å². The Morgan fingerprint density at radius 2 is 2.10 bits per heavy atom. The summed E-state index contributed by atoms with van der Waals surface area (Å²) in [5, 5.41) is 6.63. The van der Waals surface area contributed by atoms with Crippen LogP contribution in [-0.4, -0.2) is 43.4 Å². The molecule has 1 saturated heterocycles. The third-order valence-electron chi connectivity index (χ3n) is 3.32. The minimum Gasteiger partial charge on any atom is -0.376 e. The lowest BCUT2D eigenvalue weighted by molar-refractivity contribution is 0.0194. The van der Waals surface area contributed by atoms with Gasteiger partial charge in [-0.25, -0.2) is 0 Å². The monoisotopic (exact) mass is 392 g/mol. The van der Waals surface area contributed by atoms with Crippen molar-refractivity contribution >= 4 is 29.9 Å². The molecule has 1 aromatic heterocycles. The number of nitrogens with zero attached hydrogens (tertiary/aromatic N) is 2. The van der Waals surface area contributed by atoms with Crippen LogP contribution >= 0.6 is 24.0 Å². The van der Waals surface area contributed by atoms with Gasteiger partial charge in [-0.15, -0.1) is 24.0 Å². The van der Waals surface area contributed by atoms with E-state index in [0.717, 1.165) is 38.6 Å². The molecule has 0 spiro atoms. The topological polar surface area (TPSA) is 50.6 Å². The maximum absolute atomic E-state index is 5.69. The number of rotatable bonds is 5. The smallest absolute Gasteiger partial charge is 0.191 e. The fraction of sp³-hybridized carbons (Fsp3) is 0.643. The minimum atomic E-state index is 0. The summed E-state index contributed by atoms with van der Waals surface area (Å²) in [4.78, 5) is 4.22. The van der Waals surface area contributed by atoms with Crippen molar-refractivity contribution in [3.8, 4) is 0 Å². The second-order valence-corrected chi connectivity index (χ2v) is 4.79. The summed E-state index contributed by atoms with van der Waals surface area (Å²) in [6.07, 6.45) is 8.07. The molecule has 0 saturated carbocycles. The first-order valence-electron chi connectivity index (χ1n) is 7.05. The molecule has 5 nitrogen and oxygen atoms in total. The van der Waals surface area contributed by atoms with Gasteiger partial charge in [0.15, 0.2) is 5.96 Å². The van der Waals surface area contributed by atoms with Gasteiger partial charge in [0.25, 0.3) is 0 Å². The Balaban J connectivity index is 0.00000200. The van der Waals surface area contributed by atoms with Crippen LogP contribution in [0.15, 0.2) is 29.5 Å². The number of ether oxygens (including phenoxy) is 1. The Labute approximate surface area is 138 Å². The molecule has 1 aromatic rings. The number of hydrogen-bond acceptors (Lipinski definition) is 2. The summed E-state index contributed by atoms with van der Waals surface area (Å²) >= 11 is 0. The number of hydrogen-bond donors (Lipinski definition) is 2. The van der Waals surface area contributed by atoms with Crippen LogP contribution in [0.5, 0.6) is 0 Å². The Kier molecular flexibility index (Phi) is 8.68. The largest absolute Gasteiger partial charge is 0.376 e. The Morgan fingerprint density at radius 1 is 1.30 bits per heavy atom. The maximum atomic E-state index is 5.69. The molecular formula is C14H25IN4O. The fourth-order valence-electron chi connectivity index (χ4n) is 2.22. The zero-order valence-corrected chi connectivity index (χ0v) is 14.4. The molecular weight excluding hydrogens is 367 g/mol. The first-order valence-corrected chi connectivity index (χ1v) is 7.05. The molecule has 0 bridgehead atoms. The molecule has 6 heteroatoms. The van der Waals surface area contributed by atoms with Crippen molar-refractivity contribution in [1.82, 2.24) is 15.2 Å². The van der Waals surface area contributed by atoms with Gasteiger partial charge in [0.05, 0.1) is 6.10 Å². The van der Waals surface area contributed by atoms with Gasteiger partial charge in [0.1, 0.15) is 0 Å². The van der Waals surface area contributed by atoms with E-state index < -0.39 is 0 Å². The lowest BCUT2D eigenvalue weighted by atomic mass is 10.1. The highest BCUT2D eigenvalue weighted by atomic mass is 127. The molecule has 0 amide bonds. The van der Waals surface area contributed by atoms with E-state index in [4.69, 9.17) is 4.74 Å². The summed E-state index contributed by atoms with van der Waals surface area (Å²) in [5.41, 5.74) is 0. The number of nitrogens with one attached hydrogen (secondary N) is 2. The minimum absolute atomic E-state index is 0. The maximum Gasteiger partial charge on any atom is 0.191 e. The second-order valence-electron chi connectivity index (χ2n) is 4.79. The molecule has 1 aliphatic rings. The van der Waals surface area contributed by atoms with Gasteiger partial charge in [-0.1, -0.05) is 0 Å². The van der Waals surface area contributed by atoms with Gasteiger partial charge >= 0.3 is 0 Å². The van der Waals surface area contributed by atoms with Crippen molar-refractivity contribution in [2.45, 2.75) is 31.9 Å². The summed E-state index contributed by atoms with van der Waals surface area (Å²) < 4.78 is 7.83. The number of halogens is 1. The summed E-state index contributed by atoms with van der Waals surface area (Å²) in [6, 6.07) is 4.07. The Bertz CT molecular complexity index is 375. The molecule has 0 radical (unpaired) electrons. The molecule has 1 unspecified atom stereocenters. The van der Waals surface area contributed by atoms with Gasteiger partial charge in [0, 0.05) is 45.7 Å². The average molecular weight is 392 g/mol. The lowest BCUT2D eigenvalue weighted by Gasteiger charge is -2.23. The summed E-state index contributed by atoms with van der Waals surface area (Å²) in [7, 11) is 1.80. The van der Waals surface area contributed by atoms with Crippen molar-refractivity contribution in [3.63, 3.8) is 0 Å². The van der Waals surface area contributed by atoms with E-state index in [-0.39, 0.29) is 24.0 Å². The quantitative estimate of drug-likeness (QED) is 0.457. The predicted molar refractivity (Wildman–Crippen MR) is 92.8 cm³/mol. The fourth-order valence-corrected chi connectivity index (χ4v) is 2.22. The highest BCUT2D eigenvalue weighted by Gasteiger charge is 2.13. The molecule has 2 heterocycles. The van der Waals surface area contributed by atoms with Crippen LogP contribution in [0.4, 0.5) is 0 Å². The van der Waals surface area contributed by atoms with Crippen molar-refractivity contribution in [1.29, 1.82) is 0 Å². The third-order valence-corrected chi connectivity index (χ3v) is 3.32. The average Bonchev–Trinajstić information content (AvgIpc) is 2.97. The van der Waals surface area contributed by atoms with Crippen LogP contribution in [0.1, 0.15) is 19.3 Å². The molecule has 1 atom stereocenters. The molecule has 20 heavy (non-hydrogen) atoms. The van der Waals surface area contributed by atoms with Crippen LogP contribution < -0.4 is 10.6 Å². The first-order chi connectivity index (χ1) is 9.38. The van der Waals surface area contributed by atoms with E-state index in [0.29, 0.717) is 6.10 Å². The molecule has 2 N–H and O–H groups in total. The van der Waals surface area contributed by atoms with Gasteiger partial charge in [-0.05, 0) is 31.4 Å². The van der Waals surface area contributed by atoms with E-state index in [1.54, 1.807) is 7.05 Å². The molecule has 1 fully saturated rings. The third kappa shape index (κ3) is 6.13. The molecule has 0 aromatic carbocycles. The number of aliphatic imine (C=N–C) groups is 1. The molecule has 2 rings (SSSR count). The van der Waals surface area contributed by atoms with Crippen LogP contribution in [-0.2, 0) is 11.3 Å². The Hall–Kier alpha value is -0.760. The van der Waals surface area contributed by atoms with E-state index in [1.165, 1.54) is 12.8 Å². The summed E-state index contributed by atoms with van der Waals surface area (Å²) in [5.74, 6) is 0.848. The van der Waals surface area contributed by atoms with Gasteiger partial charge in [-0.3, -0.25) is 4.99 Å². The van der Waals surface area contributed by atoms with Crippen molar-refractivity contribution < 1.29 is 4.74 Å². The van der Waals surface area contributed by atoms with Gasteiger partial charge < -0.3 is 19.9 Å². The SMILES string of the molecule is CN=C(NCCn1cccc1)NCC1CCCCO1.I. The van der Waals surface area contributed by atoms with Crippen LogP contribution in [0.3, 0.4) is 0 Å². The highest BCUT2D eigenvalue weighted by molar-refractivity contribution is 14.0. The molecule has 0 aliphatic carbocycles. The van der Waals surface area contributed by atoms with Crippen molar-refractivity contribution in [2.75, 3.05) is 26.7 Å². The standard InChI is InChI=1S/C14H24N4O.HI/c1-15-14(16-7-10-18-8-3-4-9-18)17-12-13-6-2-5-11-19-13;/h3-4,8-9,13H,2,5-7,10-12H2,1H3,(H2,15,16,17);1H. The van der Waals surface area contributed by atoms with Crippen molar-refractivity contribution in [3.05, 3.63) is 24.5 Å². The lowest BCUT2D eigenvalue weighted by Crippen LogP contribution is -2.43. The molecule has 1 aliphatic heterocycles. The Morgan fingerprint density at radius 3 is 2.75 bits per heavy atom. The second kappa shape index (κ2) is 10.0. The predicted octanol–water partition coefficient (Wildman–Crippen LogP) is 1.84. The van der Waals surface area contributed by atoms with Crippen molar-refractivity contribution in [2.24, 2.45) is 4.99 Å². The normalized spacial score (nSPS) is 19.2. The zero-order chi connectivity index (χ0) is 13.3. The van der Waals surface area contributed by atoms with E-state index in [2.05, 4.69) is 32.6 Å². The number of aromatic nitrogens is 1. The van der Waals surface area contributed by atoms with E-state index >= 15 is 0 Å². The van der Waals surface area contributed by atoms with E-state index in [1.807, 2.05) is 12.1 Å². The van der Waals surface area contributed by atoms with Gasteiger partial charge in [-0.2, -0.15) is 0 Å².